The van der Waals surface area contributed by atoms with E-state index in [9.17, 15) is 9.59 Å². The van der Waals surface area contributed by atoms with Crippen LogP contribution in [0.15, 0.2) is 48.5 Å². The van der Waals surface area contributed by atoms with Gasteiger partial charge < -0.3 is 20.1 Å². The molecule has 6 nitrogen and oxygen atoms in total. The number of unbranched alkanes of at least 4 members (excludes halogenated alkanes) is 18. The van der Waals surface area contributed by atoms with Crippen molar-refractivity contribution in [1.29, 1.82) is 0 Å². The lowest BCUT2D eigenvalue weighted by Crippen LogP contribution is -2.28. The Morgan fingerprint density at radius 3 is 1.11 bits per heavy atom. The molecule has 2 N–H and O–H groups in total. The fourth-order valence-electron chi connectivity index (χ4n) is 5.43. The van der Waals surface area contributed by atoms with Crippen LogP contribution in [0.5, 0.6) is 11.5 Å². The van der Waals surface area contributed by atoms with Crippen molar-refractivity contribution in [2.24, 2.45) is 0 Å². The summed E-state index contributed by atoms with van der Waals surface area (Å²) in [5, 5.41) is 5.71. The summed E-state index contributed by atoms with van der Waals surface area (Å²) in [6.45, 7) is 5.61. The van der Waals surface area contributed by atoms with Crippen molar-refractivity contribution in [2.75, 3.05) is 13.1 Å². The van der Waals surface area contributed by atoms with Crippen molar-refractivity contribution < 1.29 is 19.1 Å². The first-order chi connectivity index (χ1) is 21.7. The summed E-state index contributed by atoms with van der Waals surface area (Å²) in [4.78, 5) is 25.0. The Labute approximate surface area is 268 Å². The fourth-order valence-corrected chi connectivity index (χ4v) is 5.43. The Morgan fingerprint density at radius 2 is 0.750 bits per heavy atom. The van der Waals surface area contributed by atoms with Crippen LogP contribution in [0.2, 0.25) is 0 Å². The van der Waals surface area contributed by atoms with Crippen LogP contribution in [0.4, 0.5) is 9.59 Å². The van der Waals surface area contributed by atoms with E-state index >= 15 is 0 Å². The van der Waals surface area contributed by atoms with Crippen LogP contribution >= 0.6 is 0 Å². The number of carbonyl (C=O) groups is 2. The highest BCUT2D eigenvalue weighted by atomic mass is 16.6. The standard InChI is InChI=1S/C38H60N2O4/c1-3-5-7-9-10-11-12-13-14-15-16-17-18-19-20-26-32-40-38(42)44-36-30-24-22-28-34(36)33-27-21-23-29-35(33)43-37(41)39-31-25-8-6-4-2/h21-24,27-30H,3-20,25-26,31-32H2,1-2H3,(H,39,41)(H,40,42). The predicted octanol–water partition coefficient (Wildman–Crippen LogP) is 11.4. The molecule has 0 radical (unpaired) electrons. The first-order valence-corrected chi connectivity index (χ1v) is 17.8. The van der Waals surface area contributed by atoms with Gasteiger partial charge >= 0.3 is 12.2 Å². The van der Waals surface area contributed by atoms with Gasteiger partial charge in [-0.15, -0.1) is 0 Å². The van der Waals surface area contributed by atoms with E-state index in [-0.39, 0.29) is 0 Å². The maximum absolute atomic E-state index is 12.6. The smallest absolute Gasteiger partial charge is 0.410 e. The third-order valence-corrected chi connectivity index (χ3v) is 8.07. The van der Waals surface area contributed by atoms with Gasteiger partial charge in [-0.05, 0) is 25.0 Å². The van der Waals surface area contributed by atoms with Gasteiger partial charge in [0.05, 0.1) is 0 Å². The molecule has 0 heterocycles. The summed E-state index contributed by atoms with van der Waals surface area (Å²) in [6, 6.07) is 14.6. The first-order valence-electron chi connectivity index (χ1n) is 17.8. The lowest BCUT2D eigenvalue weighted by atomic mass is 10.0. The number of para-hydroxylation sites is 2. The number of hydrogen-bond donors (Lipinski definition) is 2. The van der Waals surface area contributed by atoms with E-state index in [0.717, 1.165) is 38.5 Å². The van der Waals surface area contributed by atoms with Crippen molar-refractivity contribution in [1.82, 2.24) is 10.6 Å². The predicted molar refractivity (Wildman–Crippen MR) is 184 cm³/mol. The molecule has 0 saturated carbocycles. The molecule has 0 spiro atoms. The summed E-state index contributed by atoms with van der Waals surface area (Å²) >= 11 is 0. The molecule has 0 aliphatic heterocycles. The summed E-state index contributed by atoms with van der Waals surface area (Å²) < 4.78 is 11.3. The van der Waals surface area contributed by atoms with Crippen LogP contribution in [0.1, 0.15) is 142 Å². The van der Waals surface area contributed by atoms with Gasteiger partial charge in [0.25, 0.3) is 0 Å². The largest absolute Gasteiger partial charge is 0.412 e. The first kappa shape index (κ1) is 37.2. The van der Waals surface area contributed by atoms with Gasteiger partial charge in [-0.2, -0.15) is 0 Å². The normalized spacial score (nSPS) is 10.9. The van der Waals surface area contributed by atoms with Gasteiger partial charge in [0.15, 0.2) is 0 Å². The summed E-state index contributed by atoms with van der Waals surface area (Å²) in [5.74, 6) is 0.844. The zero-order valence-corrected chi connectivity index (χ0v) is 27.8. The maximum Gasteiger partial charge on any atom is 0.412 e. The topological polar surface area (TPSA) is 76.7 Å². The van der Waals surface area contributed by atoms with E-state index < -0.39 is 12.2 Å². The van der Waals surface area contributed by atoms with E-state index in [2.05, 4.69) is 24.5 Å². The molecule has 0 bridgehead atoms. The van der Waals surface area contributed by atoms with Crippen LogP contribution in [0, 0.1) is 0 Å². The molecule has 0 atom stereocenters. The average Bonchev–Trinajstić information content (AvgIpc) is 3.03. The Kier molecular flexibility index (Phi) is 21.4. The molecule has 0 aliphatic rings. The van der Waals surface area contributed by atoms with Gasteiger partial charge in [-0.1, -0.05) is 166 Å². The zero-order valence-electron chi connectivity index (χ0n) is 27.8. The number of benzene rings is 2. The number of nitrogens with one attached hydrogen (secondary N) is 2. The second kappa shape index (κ2) is 25.3. The van der Waals surface area contributed by atoms with Crippen LogP contribution in [-0.4, -0.2) is 25.3 Å². The van der Waals surface area contributed by atoms with Crippen molar-refractivity contribution in [3.8, 4) is 22.6 Å². The third kappa shape index (κ3) is 17.3. The van der Waals surface area contributed by atoms with Crippen molar-refractivity contribution >= 4 is 12.2 Å². The average molecular weight is 609 g/mol. The zero-order chi connectivity index (χ0) is 31.5. The van der Waals surface area contributed by atoms with E-state index in [4.69, 9.17) is 9.47 Å². The summed E-state index contributed by atoms with van der Waals surface area (Å²) in [7, 11) is 0. The number of rotatable bonds is 25. The number of hydrogen-bond acceptors (Lipinski definition) is 4. The number of amides is 2. The summed E-state index contributed by atoms with van der Waals surface area (Å²) in [5.41, 5.74) is 1.38. The molecule has 246 valence electrons. The van der Waals surface area contributed by atoms with Crippen molar-refractivity contribution in [2.45, 2.75) is 142 Å². The van der Waals surface area contributed by atoms with Gasteiger partial charge in [0, 0.05) is 24.2 Å². The minimum absolute atomic E-state index is 0.420. The van der Waals surface area contributed by atoms with Crippen LogP contribution in [0.25, 0.3) is 11.1 Å². The molecule has 2 rings (SSSR count). The molecule has 2 amide bonds. The van der Waals surface area contributed by atoms with E-state index in [0.29, 0.717) is 35.7 Å². The van der Waals surface area contributed by atoms with E-state index in [1.54, 1.807) is 12.1 Å². The van der Waals surface area contributed by atoms with Gasteiger partial charge in [-0.3, -0.25) is 0 Å². The molecule has 0 saturated heterocycles. The SMILES string of the molecule is CCCCCCCCCCCCCCCCCCNC(=O)Oc1ccccc1-c1ccccc1OC(=O)NCCCCCC. The molecular weight excluding hydrogens is 548 g/mol. The molecule has 0 fully saturated rings. The Balaban J connectivity index is 1.61. The molecule has 2 aromatic carbocycles. The lowest BCUT2D eigenvalue weighted by molar-refractivity contribution is 0.198. The number of ether oxygens (including phenoxy) is 2. The quantitative estimate of drug-likeness (QED) is 0.110. The van der Waals surface area contributed by atoms with Crippen molar-refractivity contribution in [3.63, 3.8) is 0 Å². The van der Waals surface area contributed by atoms with Crippen LogP contribution < -0.4 is 20.1 Å². The monoisotopic (exact) mass is 608 g/mol. The maximum atomic E-state index is 12.6. The Morgan fingerprint density at radius 1 is 0.455 bits per heavy atom. The van der Waals surface area contributed by atoms with Crippen molar-refractivity contribution in [3.05, 3.63) is 48.5 Å². The molecular formula is C38H60N2O4. The van der Waals surface area contributed by atoms with Gasteiger partial charge in [0.1, 0.15) is 11.5 Å². The molecule has 6 heteroatoms. The van der Waals surface area contributed by atoms with Gasteiger partial charge in [0.2, 0.25) is 0 Å². The number of carbonyl (C=O) groups excluding carboxylic acids is 2. The summed E-state index contributed by atoms with van der Waals surface area (Å²) in [6.07, 6.45) is 24.5. The molecule has 0 unspecified atom stereocenters. The molecule has 2 aromatic rings. The highest BCUT2D eigenvalue weighted by Crippen LogP contribution is 2.36. The highest BCUT2D eigenvalue weighted by molar-refractivity contribution is 5.82. The molecule has 0 aromatic heterocycles. The lowest BCUT2D eigenvalue weighted by Gasteiger charge is -2.14. The third-order valence-electron chi connectivity index (χ3n) is 8.07. The minimum atomic E-state index is -0.483. The van der Waals surface area contributed by atoms with Gasteiger partial charge in [-0.25, -0.2) is 9.59 Å². The molecule has 44 heavy (non-hydrogen) atoms. The molecule has 0 aliphatic carbocycles. The fraction of sp³-hybridized carbons (Fsp3) is 0.632. The second-order valence-electron chi connectivity index (χ2n) is 12.0. The second-order valence-corrected chi connectivity index (χ2v) is 12.0. The minimum Gasteiger partial charge on any atom is -0.410 e. The van der Waals surface area contributed by atoms with E-state index in [1.165, 1.54) is 89.9 Å². The van der Waals surface area contributed by atoms with Crippen LogP contribution in [0.3, 0.4) is 0 Å². The Hall–Kier alpha value is -3.02. The van der Waals surface area contributed by atoms with E-state index in [1.807, 2.05) is 36.4 Å². The Bertz CT molecular complexity index is 1030. The van der Waals surface area contributed by atoms with Crippen LogP contribution in [-0.2, 0) is 0 Å². The highest BCUT2D eigenvalue weighted by Gasteiger charge is 2.16.